The highest BCUT2D eigenvalue weighted by Gasteiger charge is 2.34. The number of benzene rings is 1. The molecule has 1 aliphatic carbocycles. The highest BCUT2D eigenvalue weighted by Crippen LogP contribution is 2.42. The monoisotopic (exact) mass is 307 g/mol. The van der Waals surface area contributed by atoms with Gasteiger partial charge in [-0.05, 0) is 42.4 Å². The third-order valence-corrected chi connectivity index (χ3v) is 4.76. The molecule has 0 atom stereocenters. The lowest BCUT2D eigenvalue weighted by atomic mass is 9.67. The molecule has 2 rings (SSSR count). The molecule has 1 aromatic carbocycles. The third kappa shape index (κ3) is 3.97. The van der Waals surface area contributed by atoms with Crippen LogP contribution in [0.1, 0.15) is 43.7 Å². The van der Waals surface area contributed by atoms with Gasteiger partial charge in [0.1, 0.15) is 5.82 Å². The van der Waals surface area contributed by atoms with E-state index in [2.05, 4.69) is 22.5 Å². The van der Waals surface area contributed by atoms with Gasteiger partial charge >= 0.3 is 0 Å². The van der Waals surface area contributed by atoms with E-state index in [0.29, 0.717) is 17.5 Å². The summed E-state index contributed by atoms with van der Waals surface area (Å²) in [4.78, 5) is 4.23. The zero-order valence-corrected chi connectivity index (χ0v) is 13.5. The van der Waals surface area contributed by atoms with E-state index in [4.69, 9.17) is 5.11 Å². The van der Waals surface area contributed by atoms with Crippen molar-refractivity contribution in [2.45, 2.75) is 45.8 Å². The van der Waals surface area contributed by atoms with Crippen LogP contribution in [0.2, 0.25) is 0 Å². The number of nitrogens with one attached hydrogen (secondary N) is 2. The zero-order chi connectivity index (χ0) is 16.0. The number of aliphatic hydroxyl groups is 1. The second-order valence-electron chi connectivity index (χ2n) is 6.07. The lowest BCUT2D eigenvalue weighted by Gasteiger charge is -2.41. The summed E-state index contributed by atoms with van der Waals surface area (Å²) in [6.45, 7) is 3.44. The highest BCUT2D eigenvalue weighted by molar-refractivity contribution is 5.79. The molecular formula is C17H26FN3O. The van der Waals surface area contributed by atoms with E-state index in [9.17, 15) is 4.39 Å². The first-order valence-corrected chi connectivity index (χ1v) is 7.95. The first-order chi connectivity index (χ1) is 10.6. The minimum absolute atomic E-state index is 0.286. The van der Waals surface area contributed by atoms with Gasteiger partial charge in [-0.1, -0.05) is 19.4 Å². The van der Waals surface area contributed by atoms with Crippen LogP contribution in [0, 0.1) is 11.2 Å². The third-order valence-electron chi connectivity index (χ3n) is 4.76. The van der Waals surface area contributed by atoms with Gasteiger partial charge in [0.05, 0.1) is 6.61 Å². The zero-order valence-electron chi connectivity index (χ0n) is 13.5. The fraction of sp³-hybridized carbons (Fsp3) is 0.588. The van der Waals surface area contributed by atoms with E-state index in [1.54, 1.807) is 19.2 Å². The van der Waals surface area contributed by atoms with E-state index >= 15 is 0 Å². The van der Waals surface area contributed by atoms with Crippen LogP contribution in [0.3, 0.4) is 0 Å². The number of halogens is 1. The van der Waals surface area contributed by atoms with E-state index in [-0.39, 0.29) is 12.4 Å². The van der Waals surface area contributed by atoms with Gasteiger partial charge in [0, 0.05) is 25.7 Å². The summed E-state index contributed by atoms with van der Waals surface area (Å²) in [6, 6.07) is 4.78. The van der Waals surface area contributed by atoms with Gasteiger partial charge in [-0.15, -0.1) is 0 Å². The summed E-state index contributed by atoms with van der Waals surface area (Å²) in [7, 11) is 1.75. The van der Waals surface area contributed by atoms with Crippen LogP contribution in [0.4, 0.5) is 4.39 Å². The topological polar surface area (TPSA) is 56.7 Å². The van der Waals surface area contributed by atoms with Gasteiger partial charge in [-0.3, -0.25) is 4.99 Å². The largest absolute Gasteiger partial charge is 0.392 e. The molecule has 0 aromatic heterocycles. The van der Waals surface area contributed by atoms with Crippen molar-refractivity contribution < 1.29 is 9.50 Å². The average Bonchev–Trinajstić information content (AvgIpc) is 2.50. The Hall–Kier alpha value is -1.62. The average molecular weight is 307 g/mol. The molecule has 1 aliphatic rings. The molecule has 0 spiro atoms. The smallest absolute Gasteiger partial charge is 0.191 e. The van der Waals surface area contributed by atoms with Crippen LogP contribution in [0.15, 0.2) is 23.2 Å². The van der Waals surface area contributed by atoms with Crippen LogP contribution in [-0.4, -0.2) is 24.7 Å². The minimum Gasteiger partial charge on any atom is -0.392 e. The molecule has 0 saturated heterocycles. The van der Waals surface area contributed by atoms with Crippen LogP contribution in [-0.2, 0) is 13.2 Å². The molecule has 4 nitrogen and oxygen atoms in total. The van der Waals surface area contributed by atoms with E-state index in [1.807, 2.05) is 0 Å². The summed E-state index contributed by atoms with van der Waals surface area (Å²) in [5, 5.41) is 15.7. The fourth-order valence-corrected chi connectivity index (χ4v) is 2.87. The van der Waals surface area contributed by atoms with Gasteiger partial charge in [-0.2, -0.15) is 0 Å². The molecule has 1 aromatic rings. The molecule has 0 heterocycles. The summed E-state index contributed by atoms with van der Waals surface area (Å²) >= 11 is 0. The lowest BCUT2D eigenvalue weighted by molar-refractivity contribution is 0.131. The maximum Gasteiger partial charge on any atom is 0.191 e. The second kappa shape index (κ2) is 7.58. The van der Waals surface area contributed by atoms with Gasteiger partial charge in [0.2, 0.25) is 0 Å². The molecule has 122 valence electrons. The highest BCUT2D eigenvalue weighted by atomic mass is 19.1. The fourth-order valence-electron chi connectivity index (χ4n) is 2.87. The molecule has 1 saturated carbocycles. The second-order valence-corrected chi connectivity index (χ2v) is 6.07. The van der Waals surface area contributed by atoms with Gasteiger partial charge in [0.15, 0.2) is 5.96 Å². The quantitative estimate of drug-likeness (QED) is 0.559. The Labute approximate surface area is 131 Å². The van der Waals surface area contributed by atoms with E-state index < -0.39 is 0 Å². The summed E-state index contributed by atoms with van der Waals surface area (Å²) in [5.74, 6) is 0.387. The van der Waals surface area contributed by atoms with Crippen LogP contribution < -0.4 is 10.6 Å². The number of aliphatic hydroxyl groups excluding tert-OH is 1. The Kier molecular flexibility index (Phi) is 5.77. The van der Waals surface area contributed by atoms with Crippen molar-refractivity contribution in [2.75, 3.05) is 13.6 Å². The summed E-state index contributed by atoms with van der Waals surface area (Å²) in [5.41, 5.74) is 1.67. The maximum absolute atomic E-state index is 13.4. The van der Waals surface area contributed by atoms with Gasteiger partial charge < -0.3 is 15.7 Å². The number of aliphatic imine (C=N–C) groups is 1. The molecule has 0 radical (unpaired) electrons. The van der Waals surface area contributed by atoms with Crippen molar-refractivity contribution in [3.8, 4) is 0 Å². The predicted molar refractivity (Wildman–Crippen MR) is 87.1 cm³/mol. The number of nitrogens with zero attached hydrogens (tertiary/aromatic N) is 1. The minimum atomic E-state index is -0.372. The SMILES string of the molecule is CCC1(CNC(=NC)NCc2ccc(F)c(CO)c2)CCC1. The molecule has 0 unspecified atom stereocenters. The van der Waals surface area contributed by atoms with Crippen LogP contribution >= 0.6 is 0 Å². The molecule has 22 heavy (non-hydrogen) atoms. The first-order valence-electron chi connectivity index (χ1n) is 7.95. The number of rotatable bonds is 6. The van der Waals surface area contributed by atoms with Crippen molar-refractivity contribution in [3.63, 3.8) is 0 Å². The number of hydrogen-bond acceptors (Lipinski definition) is 2. The molecule has 0 bridgehead atoms. The van der Waals surface area contributed by atoms with Crippen molar-refractivity contribution in [1.82, 2.24) is 10.6 Å². The first kappa shape index (κ1) is 16.7. The normalized spacial score (nSPS) is 17.0. The van der Waals surface area contributed by atoms with Gasteiger partial charge in [0.25, 0.3) is 0 Å². The Bertz CT molecular complexity index is 521. The number of hydrogen-bond donors (Lipinski definition) is 3. The van der Waals surface area contributed by atoms with Crippen molar-refractivity contribution in [2.24, 2.45) is 10.4 Å². The summed E-state index contributed by atoms with van der Waals surface area (Å²) in [6.07, 6.45) is 5.08. The van der Waals surface area contributed by atoms with Crippen molar-refractivity contribution in [1.29, 1.82) is 0 Å². The van der Waals surface area contributed by atoms with Crippen LogP contribution in [0.25, 0.3) is 0 Å². The van der Waals surface area contributed by atoms with Crippen molar-refractivity contribution in [3.05, 3.63) is 35.1 Å². The Morgan fingerprint density at radius 2 is 2.14 bits per heavy atom. The lowest BCUT2D eigenvalue weighted by Crippen LogP contribution is -2.46. The number of guanidine groups is 1. The summed E-state index contributed by atoms with van der Waals surface area (Å²) < 4.78 is 13.4. The van der Waals surface area contributed by atoms with Crippen LogP contribution in [0.5, 0.6) is 0 Å². The van der Waals surface area contributed by atoms with Gasteiger partial charge in [-0.25, -0.2) is 4.39 Å². The Morgan fingerprint density at radius 1 is 1.36 bits per heavy atom. The molecule has 3 N–H and O–H groups in total. The van der Waals surface area contributed by atoms with E-state index in [1.165, 1.54) is 31.7 Å². The maximum atomic E-state index is 13.4. The van der Waals surface area contributed by atoms with E-state index in [0.717, 1.165) is 18.1 Å². The molecular weight excluding hydrogens is 281 g/mol. The standard InChI is InChI=1S/C17H26FN3O/c1-3-17(7-4-8-17)12-21-16(19-2)20-10-13-5-6-15(18)14(9-13)11-22/h5-6,9,22H,3-4,7-8,10-12H2,1-2H3,(H2,19,20,21). The molecule has 0 aliphatic heterocycles. The Balaban J connectivity index is 1.86. The molecule has 1 fully saturated rings. The van der Waals surface area contributed by atoms with Crippen molar-refractivity contribution >= 4 is 5.96 Å². The molecule has 0 amide bonds. The Morgan fingerprint density at radius 3 is 2.68 bits per heavy atom. The predicted octanol–water partition coefficient (Wildman–Crippen LogP) is 2.56. The molecule has 5 heteroatoms.